The number of carbonyl (C=O) groups is 3. The minimum Gasteiger partial charge on any atom is -0.497 e. The van der Waals surface area contributed by atoms with Gasteiger partial charge in [0.25, 0.3) is 11.8 Å². The lowest BCUT2D eigenvalue weighted by molar-refractivity contribution is -0.125. The molecule has 2 aliphatic rings. The molecule has 2 aromatic carbocycles. The quantitative estimate of drug-likeness (QED) is 0.699. The first-order chi connectivity index (χ1) is 16.4. The number of fused-ring (bicyclic) bond motifs is 1. The number of nitrogens with zero attached hydrogens (tertiary/aromatic N) is 3. The van der Waals surface area contributed by atoms with E-state index in [9.17, 15) is 14.4 Å². The van der Waals surface area contributed by atoms with E-state index in [1.165, 1.54) is 4.90 Å². The van der Waals surface area contributed by atoms with Gasteiger partial charge >= 0.3 is 0 Å². The van der Waals surface area contributed by atoms with Crippen LogP contribution in [0.15, 0.2) is 42.5 Å². The third kappa shape index (κ3) is 5.08. The smallest absolute Gasteiger partial charge is 0.265 e. The molecule has 2 heterocycles. The normalized spacial score (nSPS) is 15.6. The van der Waals surface area contributed by atoms with Crippen LogP contribution in [-0.2, 0) is 9.59 Å². The maximum Gasteiger partial charge on any atom is 0.265 e. The van der Waals surface area contributed by atoms with Gasteiger partial charge < -0.3 is 24.6 Å². The molecular formula is C25H30N4O5. The van der Waals surface area contributed by atoms with Gasteiger partial charge in [-0.2, -0.15) is 0 Å². The minimum absolute atomic E-state index is 0.0355. The predicted molar refractivity (Wildman–Crippen MR) is 129 cm³/mol. The molecule has 0 radical (unpaired) electrons. The summed E-state index contributed by atoms with van der Waals surface area (Å²) in [7, 11) is 1.64. The van der Waals surface area contributed by atoms with Crippen LogP contribution in [0.2, 0.25) is 0 Å². The predicted octanol–water partition coefficient (Wildman–Crippen LogP) is 1.91. The van der Waals surface area contributed by atoms with E-state index in [1.807, 2.05) is 38.1 Å². The molecule has 0 spiro atoms. The van der Waals surface area contributed by atoms with Crippen molar-refractivity contribution in [3.8, 4) is 11.5 Å². The molecule has 0 bridgehead atoms. The molecule has 2 aliphatic heterocycles. The number of anilines is 2. The summed E-state index contributed by atoms with van der Waals surface area (Å²) in [5.74, 6) is 0.590. The zero-order valence-corrected chi connectivity index (χ0v) is 19.7. The van der Waals surface area contributed by atoms with Crippen LogP contribution in [0.3, 0.4) is 0 Å². The number of nitrogens with one attached hydrogen (secondary N) is 1. The maximum atomic E-state index is 13.2. The topological polar surface area (TPSA) is 91.4 Å². The van der Waals surface area contributed by atoms with Crippen LogP contribution in [0.1, 0.15) is 24.2 Å². The molecule has 4 rings (SSSR count). The Bertz CT molecular complexity index is 1080. The number of hydrogen-bond donors (Lipinski definition) is 1. The van der Waals surface area contributed by atoms with E-state index in [4.69, 9.17) is 9.47 Å². The fraction of sp³-hybridized carbons (Fsp3) is 0.400. The number of rotatable bonds is 6. The van der Waals surface area contributed by atoms with Crippen LogP contribution < -0.4 is 24.6 Å². The molecule has 1 N–H and O–H groups in total. The zero-order valence-electron chi connectivity index (χ0n) is 19.7. The first-order valence-electron chi connectivity index (χ1n) is 11.4. The van der Waals surface area contributed by atoms with E-state index in [2.05, 4.69) is 10.2 Å². The van der Waals surface area contributed by atoms with Crippen LogP contribution in [0, 0.1) is 0 Å². The van der Waals surface area contributed by atoms with Crippen molar-refractivity contribution >= 4 is 29.1 Å². The molecule has 3 amide bonds. The van der Waals surface area contributed by atoms with Crippen molar-refractivity contribution in [2.24, 2.45) is 0 Å². The van der Waals surface area contributed by atoms with Crippen LogP contribution in [-0.4, -0.2) is 75.1 Å². The summed E-state index contributed by atoms with van der Waals surface area (Å²) in [5.41, 5.74) is 1.96. The van der Waals surface area contributed by atoms with Crippen molar-refractivity contribution in [3.63, 3.8) is 0 Å². The highest BCUT2D eigenvalue weighted by Gasteiger charge is 2.30. The molecule has 2 aromatic rings. The highest BCUT2D eigenvalue weighted by molar-refractivity contribution is 6.04. The Kier molecular flexibility index (Phi) is 6.90. The summed E-state index contributed by atoms with van der Waals surface area (Å²) >= 11 is 0. The monoisotopic (exact) mass is 466 g/mol. The van der Waals surface area contributed by atoms with Crippen LogP contribution in [0.25, 0.3) is 0 Å². The zero-order chi connectivity index (χ0) is 24.2. The van der Waals surface area contributed by atoms with E-state index >= 15 is 0 Å². The minimum atomic E-state index is -0.317. The Hall–Kier alpha value is -3.75. The second-order valence-corrected chi connectivity index (χ2v) is 8.65. The molecule has 9 heteroatoms. The van der Waals surface area contributed by atoms with E-state index < -0.39 is 0 Å². The summed E-state index contributed by atoms with van der Waals surface area (Å²) in [5, 5.41) is 2.79. The molecule has 1 fully saturated rings. The number of piperazine rings is 1. The lowest BCUT2D eigenvalue weighted by Crippen LogP contribution is -2.49. The molecular weight excluding hydrogens is 436 g/mol. The van der Waals surface area contributed by atoms with E-state index in [1.54, 1.807) is 30.2 Å². The lowest BCUT2D eigenvalue weighted by atomic mass is 10.1. The number of amides is 3. The van der Waals surface area contributed by atoms with Gasteiger partial charge in [0.05, 0.1) is 12.8 Å². The molecule has 0 aromatic heterocycles. The number of ether oxygens (including phenoxy) is 2. The van der Waals surface area contributed by atoms with Gasteiger partial charge in [0.2, 0.25) is 5.91 Å². The molecule has 0 unspecified atom stereocenters. The van der Waals surface area contributed by atoms with Crippen LogP contribution in [0.4, 0.5) is 11.4 Å². The van der Waals surface area contributed by atoms with Gasteiger partial charge in [0.1, 0.15) is 18.0 Å². The second kappa shape index (κ2) is 10.0. The molecule has 1 saturated heterocycles. The molecule has 0 saturated carbocycles. The molecule has 0 aliphatic carbocycles. The third-order valence-electron chi connectivity index (χ3n) is 5.89. The summed E-state index contributed by atoms with van der Waals surface area (Å²) in [6, 6.07) is 12.9. The maximum absolute atomic E-state index is 13.2. The fourth-order valence-corrected chi connectivity index (χ4v) is 4.18. The van der Waals surface area contributed by atoms with Gasteiger partial charge in [0.15, 0.2) is 6.61 Å². The average molecular weight is 467 g/mol. The van der Waals surface area contributed by atoms with Crippen molar-refractivity contribution in [3.05, 3.63) is 48.0 Å². The van der Waals surface area contributed by atoms with E-state index in [-0.39, 0.29) is 36.9 Å². The number of benzene rings is 2. The van der Waals surface area contributed by atoms with Crippen molar-refractivity contribution < 1.29 is 23.9 Å². The van der Waals surface area contributed by atoms with Gasteiger partial charge in [-0.25, -0.2) is 0 Å². The summed E-state index contributed by atoms with van der Waals surface area (Å²) in [4.78, 5) is 43.4. The summed E-state index contributed by atoms with van der Waals surface area (Å²) in [6.07, 6.45) is 0. The molecule has 34 heavy (non-hydrogen) atoms. The lowest BCUT2D eigenvalue weighted by Gasteiger charge is -2.36. The van der Waals surface area contributed by atoms with Crippen molar-refractivity contribution in [1.29, 1.82) is 0 Å². The number of hydrogen-bond acceptors (Lipinski definition) is 6. The molecule has 180 valence electrons. The summed E-state index contributed by atoms with van der Waals surface area (Å²) < 4.78 is 10.8. The van der Waals surface area contributed by atoms with Gasteiger partial charge in [-0.15, -0.1) is 0 Å². The number of methoxy groups -OCH3 is 1. The first-order valence-corrected chi connectivity index (χ1v) is 11.4. The van der Waals surface area contributed by atoms with Gasteiger partial charge in [-0.05, 0) is 44.2 Å². The Labute approximate surface area is 199 Å². The number of carbonyl (C=O) groups excluding carboxylic acids is 3. The van der Waals surface area contributed by atoms with E-state index in [0.717, 1.165) is 11.4 Å². The Morgan fingerprint density at radius 3 is 2.56 bits per heavy atom. The van der Waals surface area contributed by atoms with Crippen molar-refractivity contribution in [2.75, 3.05) is 56.2 Å². The Morgan fingerprint density at radius 1 is 1.09 bits per heavy atom. The largest absolute Gasteiger partial charge is 0.497 e. The SMILES string of the molecule is COc1cccc(N2CCN(C(=O)c3ccc4c(c3)N(CC(=O)NC(C)C)C(=O)CO4)CC2)c1. The van der Waals surface area contributed by atoms with Crippen LogP contribution >= 0.6 is 0 Å². The second-order valence-electron chi connectivity index (χ2n) is 8.65. The van der Waals surface area contributed by atoms with Crippen LogP contribution in [0.5, 0.6) is 11.5 Å². The van der Waals surface area contributed by atoms with Gasteiger partial charge in [0, 0.05) is 49.5 Å². The van der Waals surface area contributed by atoms with Gasteiger partial charge in [-0.1, -0.05) is 6.07 Å². The Morgan fingerprint density at radius 2 is 1.85 bits per heavy atom. The molecule has 0 atom stereocenters. The fourth-order valence-electron chi connectivity index (χ4n) is 4.18. The van der Waals surface area contributed by atoms with E-state index in [0.29, 0.717) is 43.2 Å². The van der Waals surface area contributed by atoms with Crippen molar-refractivity contribution in [1.82, 2.24) is 10.2 Å². The summed E-state index contributed by atoms with van der Waals surface area (Å²) in [6.45, 7) is 6.01. The standard InChI is InChI=1S/C25H30N4O5/c1-17(2)26-23(30)15-29-21-13-18(7-8-22(21)34-16-24(29)31)25(32)28-11-9-27(10-12-28)19-5-4-6-20(14-19)33-3/h4-8,13-14,17H,9-12,15-16H2,1-3H3,(H,26,30). The van der Waals surface area contributed by atoms with Crippen molar-refractivity contribution in [2.45, 2.75) is 19.9 Å². The average Bonchev–Trinajstić information content (AvgIpc) is 2.84. The third-order valence-corrected chi connectivity index (χ3v) is 5.89. The molecule has 9 nitrogen and oxygen atoms in total. The Balaban J connectivity index is 1.46. The first kappa shape index (κ1) is 23.4. The van der Waals surface area contributed by atoms with Gasteiger partial charge in [-0.3, -0.25) is 19.3 Å². The highest BCUT2D eigenvalue weighted by Crippen LogP contribution is 2.33. The highest BCUT2D eigenvalue weighted by atomic mass is 16.5.